The fraction of sp³-hybridized carbons (Fsp3) is 0.333. The van der Waals surface area contributed by atoms with E-state index in [9.17, 15) is 0 Å². The molecular weight excluding hydrogens is 207 g/mol. The Labute approximate surface area is 105 Å². The highest BCUT2D eigenvalue weighted by atomic mass is 16.5. The van der Waals surface area contributed by atoms with Crippen LogP contribution in [0.4, 0.5) is 0 Å². The van der Waals surface area contributed by atoms with Crippen molar-refractivity contribution in [2.24, 2.45) is 5.92 Å². The molecule has 0 heterocycles. The number of benzene rings is 1. The van der Waals surface area contributed by atoms with E-state index in [-0.39, 0.29) is 0 Å². The van der Waals surface area contributed by atoms with Crippen LogP contribution in [-0.4, -0.2) is 7.85 Å². The third kappa shape index (κ3) is 3.26. The van der Waals surface area contributed by atoms with E-state index in [0.29, 0.717) is 5.92 Å². The Morgan fingerprint density at radius 1 is 1.06 bits per heavy atom. The highest BCUT2D eigenvalue weighted by molar-refractivity contribution is 6.32. The second kappa shape index (κ2) is 5.26. The molecule has 1 aliphatic carbocycles. The first-order valence-electron chi connectivity index (χ1n) is 6.08. The van der Waals surface area contributed by atoms with Crippen LogP contribution in [-0.2, 0) is 0 Å². The fourth-order valence-electron chi connectivity index (χ4n) is 1.89. The van der Waals surface area contributed by atoms with Gasteiger partial charge >= 0.3 is 0 Å². The Morgan fingerprint density at radius 3 is 2.29 bits per heavy atom. The number of hydrogen-bond acceptors (Lipinski definition) is 1. The number of rotatable bonds is 3. The molecule has 0 N–H and O–H groups in total. The summed E-state index contributed by atoms with van der Waals surface area (Å²) >= 11 is 0. The van der Waals surface area contributed by atoms with Gasteiger partial charge in [0.2, 0.25) is 0 Å². The summed E-state index contributed by atoms with van der Waals surface area (Å²) in [5, 5.41) is 0. The van der Waals surface area contributed by atoms with Gasteiger partial charge in [-0.15, -0.1) is 0 Å². The summed E-state index contributed by atoms with van der Waals surface area (Å²) < 4.78 is 5.80. The van der Waals surface area contributed by atoms with Gasteiger partial charge in [-0.1, -0.05) is 43.1 Å². The first-order valence-corrected chi connectivity index (χ1v) is 6.08. The summed E-state index contributed by atoms with van der Waals surface area (Å²) in [6.45, 7) is 4.46. The molecule has 1 nitrogen and oxygen atoms in total. The molecule has 1 aliphatic rings. The molecule has 1 aromatic rings. The quantitative estimate of drug-likeness (QED) is 0.716. The molecule has 0 spiro atoms. The number of hydrogen-bond donors (Lipinski definition) is 0. The van der Waals surface area contributed by atoms with E-state index in [0.717, 1.165) is 29.8 Å². The molecule has 1 aromatic carbocycles. The summed E-state index contributed by atoms with van der Waals surface area (Å²) in [6.07, 6.45) is 6.34. The third-order valence-corrected chi connectivity index (χ3v) is 3.01. The topological polar surface area (TPSA) is 9.23 Å². The molecule has 86 valence electrons. The molecule has 0 saturated carbocycles. The third-order valence-electron chi connectivity index (χ3n) is 3.01. The van der Waals surface area contributed by atoms with Crippen molar-refractivity contribution in [3.05, 3.63) is 47.7 Å². The Hall–Kier alpha value is -1.44. The van der Waals surface area contributed by atoms with Crippen LogP contribution in [0.1, 0.15) is 26.7 Å². The maximum atomic E-state index is 5.80. The standard InChI is InChI=1S/C15H17BO/c1-11(2)12-3-7-14(8-4-12)17-15-9-5-13(16)6-10-15/h3,5-7,9-11H,4,8H2,1-2H3. The molecule has 0 fully saturated rings. The van der Waals surface area contributed by atoms with Gasteiger partial charge in [-0.2, -0.15) is 0 Å². The van der Waals surface area contributed by atoms with Crippen molar-refractivity contribution in [3.8, 4) is 5.75 Å². The summed E-state index contributed by atoms with van der Waals surface area (Å²) in [5.41, 5.74) is 2.26. The lowest BCUT2D eigenvalue weighted by atomic mass is 9.94. The van der Waals surface area contributed by atoms with E-state index < -0.39 is 0 Å². The van der Waals surface area contributed by atoms with Gasteiger partial charge < -0.3 is 4.74 Å². The van der Waals surface area contributed by atoms with Crippen LogP contribution in [0.2, 0.25) is 0 Å². The Kier molecular flexibility index (Phi) is 3.73. The maximum Gasteiger partial charge on any atom is 0.126 e. The van der Waals surface area contributed by atoms with E-state index >= 15 is 0 Å². The molecule has 0 atom stereocenters. The van der Waals surface area contributed by atoms with Gasteiger partial charge in [0.25, 0.3) is 0 Å². The number of allylic oxidation sites excluding steroid dienone is 4. The van der Waals surface area contributed by atoms with Crippen molar-refractivity contribution in [2.45, 2.75) is 26.7 Å². The van der Waals surface area contributed by atoms with E-state index in [1.807, 2.05) is 24.3 Å². The summed E-state index contributed by atoms with van der Waals surface area (Å²) in [6, 6.07) is 7.51. The molecule has 2 rings (SSSR count). The lowest BCUT2D eigenvalue weighted by Crippen LogP contribution is -2.05. The van der Waals surface area contributed by atoms with Crippen molar-refractivity contribution in [1.29, 1.82) is 0 Å². The second-order valence-electron chi connectivity index (χ2n) is 4.70. The van der Waals surface area contributed by atoms with E-state index in [4.69, 9.17) is 12.6 Å². The van der Waals surface area contributed by atoms with Crippen LogP contribution in [0.3, 0.4) is 0 Å². The fourth-order valence-corrected chi connectivity index (χ4v) is 1.89. The average Bonchev–Trinajstić information content (AvgIpc) is 2.33. The monoisotopic (exact) mass is 224 g/mol. The molecule has 2 radical (unpaired) electrons. The zero-order chi connectivity index (χ0) is 12.3. The van der Waals surface area contributed by atoms with Crippen molar-refractivity contribution >= 4 is 13.3 Å². The van der Waals surface area contributed by atoms with Gasteiger partial charge in [0.05, 0.1) is 0 Å². The maximum absolute atomic E-state index is 5.80. The first-order chi connectivity index (χ1) is 8.15. The smallest absolute Gasteiger partial charge is 0.126 e. The zero-order valence-electron chi connectivity index (χ0n) is 10.4. The lowest BCUT2D eigenvalue weighted by molar-refractivity contribution is 0.398. The molecule has 0 unspecified atom stereocenters. The van der Waals surface area contributed by atoms with E-state index in [2.05, 4.69) is 26.0 Å². The molecule has 17 heavy (non-hydrogen) atoms. The van der Waals surface area contributed by atoms with Gasteiger partial charge in [0, 0.05) is 6.42 Å². The van der Waals surface area contributed by atoms with Gasteiger partial charge in [-0.3, -0.25) is 0 Å². The van der Waals surface area contributed by atoms with Crippen LogP contribution in [0.25, 0.3) is 0 Å². The Morgan fingerprint density at radius 2 is 1.76 bits per heavy atom. The minimum absolute atomic E-state index is 0.629. The van der Waals surface area contributed by atoms with E-state index in [1.54, 1.807) is 0 Å². The largest absolute Gasteiger partial charge is 0.462 e. The van der Waals surface area contributed by atoms with Gasteiger partial charge in [-0.05, 0) is 30.5 Å². The molecular formula is C15H17BO. The van der Waals surface area contributed by atoms with Gasteiger partial charge in [0.1, 0.15) is 19.4 Å². The highest BCUT2D eigenvalue weighted by Gasteiger charge is 2.10. The summed E-state index contributed by atoms with van der Waals surface area (Å²) in [5.74, 6) is 2.51. The highest BCUT2D eigenvalue weighted by Crippen LogP contribution is 2.25. The predicted molar refractivity (Wildman–Crippen MR) is 72.7 cm³/mol. The molecule has 0 saturated heterocycles. The average molecular weight is 224 g/mol. The second-order valence-corrected chi connectivity index (χ2v) is 4.70. The molecule has 0 aliphatic heterocycles. The minimum atomic E-state index is 0.629. The van der Waals surface area contributed by atoms with Crippen LogP contribution < -0.4 is 10.2 Å². The summed E-state index contributed by atoms with van der Waals surface area (Å²) in [4.78, 5) is 0. The number of ether oxygens (including phenoxy) is 1. The van der Waals surface area contributed by atoms with Crippen molar-refractivity contribution in [1.82, 2.24) is 0 Å². The van der Waals surface area contributed by atoms with Crippen LogP contribution in [0.15, 0.2) is 47.7 Å². The first kappa shape index (κ1) is 12.0. The molecule has 0 amide bonds. The van der Waals surface area contributed by atoms with Crippen molar-refractivity contribution in [3.63, 3.8) is 0 Å². The predicted octanol–water partition coefficient (Wildman–Crippen LogP) is 3.12. The van der Waals surface area contributed by atoms with Crippen LogP contribution >= 0.6 is 0 Å². The van der Waals surface area contributed by atoms with Crippen LogP contribution in [0.5, 0.6) is 5.75 Å². The summed E-state index contributed by atoms with van der Waals surface area (Å²) in [7, 11) is 5.63. The zero-order valence-corrected chi connectivity index (χ0v) is 10.4. The van der Waals surface area contributed by atoms with Crippen molar-refractivity contribution < 1.29 is 4.74 Å². The Bertz CT molecular complexity index is 440. The minimum Gasteiger partial charge on any atom is -0.462 e. The lowest BCUT2D eigenvalue weighted by Gasteiger charge is -2.17. The van der Waals surface area contributed by atoms with E-state index in [1.165, 1.54) is 5.57 Å². The van der Waals surface area contributed by atoms with Gasteiger partial charge in [0.15, 0.2) is 0 Å². The Balaban J connectivity index is 2.04. The van der Waals surface area contributed by atoms with Gasteiger partial charge in [-0.25, -0.2) is 0 Å². The van der Waals surface area contributed by atoms with Crippen LogP contribution in [0, 0.1) is 5.92 Å². The molecule has 0 aromatic heterocycles. The normalized spacial score (nSPS) is 15.5. The molecule has 2 heteroatoms. The van der Waals surface area contributed by atoms with Crippen molar-refractivity contribution in [2.75, 3.05) is 0 Å². The molecule has 0 bridgehead atoms. The SMILES string of the molecule is [B]c1ccc(OC2=CC=C(C(C)C)CC2)cc1.